The van der Waals surface area contributed by atoms with Crippen molar-refractivity contribution in [1.82, 2.24) is 10.2 Å². The van der Waals surface area contributed by atoms with Gasteiger partial charge in [0.1, 0.15) is 4.91 Å². The number of carbonyl (C=O) groups excluding carboxylic acids is 2. The summed E-state index contributed by atoms with van der Waals surface area (Å²) in [6.45, 7) is 6.67. The van der Waals surface area contributed by atoms with E-state index in [1.807, 2.05) is 20.8 Å². The van der Waals surface area contributed by atoms with Gasteiger partial charge in [0.15, 0.2) is 0 Å². The Balaban J connectivity index is 1.70. The Morgan fingerprint density at radius 2 is 1.92 bits per heavy atom. The lowest BCUT2D eigenvalue weighted by atomic mass is 9.71. The van der Waals surface area contributed by atoms with Crippen LogP contribution in [0, 0.1) is 22.7 Å². The third-order valence-corrected chi connectivity index (χ3v) is 8.71. The Hall–Kier alpha value is -2.14. The molecule has 2 amide bonds. The van der Waals surface area contributed by atoms with Gasteiger partial charge in [0.05, 0.1) is 15.8 Å². The van der Waals surface area contributed by atoms with Crippen molar-refractivity contribution in [2.75, 3.05) is 6.54 Å². The first kappa shape index (κ1) is 26.9. The van der Waals surface area contributed by atoms with E-state index in [1.165, 1.54) is 17.8 Å². The molecule has 2 fully saturated rings. The van der Waals surface area contributed by atoms with Crippen molar-refractivity contribution < 1.29 is 19.5 Å². The number of amides is 2. The number of benzene rings is 1. The summed E-state index contributed by atoms with van der Waals surface area (Å²) in [5.41, 5.74) is 0.461. The average molecular weight is 550 g/mol. The fourth-order valence-electron chi connectivity index (χ4n) is 5.16. The summed E-state index contributed by atoms with van der Waals surface area (Å²) >= 11 is 13.7. The van der Waals surface area contributed by atoms with E-state index in [-0.39, 0.29) is 49.4 Å². The van der Waals surface area contributed by atoms with E-state index in [2.05, 4.69) is 17.2 Å². The van der Waals surface area contributed by atoms with E-state index < -0.39 is 5.97 Å². The summed E-state index contributed by atoms with van der Waals surface area (Å²) in [5, 5.41) is 13.4. The van der Waals surface area contributed by atoms with Crippen molar-refractivity contribution in [2.24, 2.45) is 10.8 Å². The highest BCUT2D eigenvalue weighted by atomic mass is 35.5. The van der Waals surface area contributed by atoms with Gasteiger partial charge in [0, 0.05) is 41.6 Å². The van der Waals surface area contributed by atoms with Crippen LogP contribution in [0.2, 0.25) is 10.0 Å². The minimum absolute atomic E-state index is 0.0673. The predicted octanol–water partition coefficient (Wildman–Crippen LogP) is 5.74. The van der Waals surface area contributed by atoms with Crippen LogP contribution in [0.1, 0.15) is 69.7 Å². The van der Waals surface area contributed by atoms with Crippen molar-refractivity contribution in [2.45, 2.75) is 70.6 Å². The summed E-state index contributed by atoms with van der Waals surface area (Å²) in [6.07, 6.45) is 3.76. The minimum atomic E-state index is -1.06. The number of rotatable bonds is 4. The lowest BCUT2D eigenvalue weighted by Crippen LogP contribution is -2.44. The number of carboxylic acid groups (broad SMARTS) is 1. The second-order valence-electron chi connectivity index (χ2n) is 10.9. The number of nitrogens with zero attached hydrogens (tertiary/aromatic N) is 1. The van der Waals surface area contributed by atoms with Crippen LogP contribution in [0.15, 0.2) is 28.8 Å². The largest absolute Gasteiger partial charge is 0.477 e. The molecule has 3 aliphatic rings. The number of nitrogens with one attached hydrogen (secondary N) is 1. The first-order chi connectivity index (χ1) is 16.9. The van der Waals surface area contributed by atoms with E-state index in [1.54, 1.807) is 17.0 Å². The highest BCUT2D eigenvalue weighted by Gasteiger charge is 2.45. The monoisotopic (exact) mass is 548 g/mol. The molecule has 36 heavy (non-hydrogen) atoms. The second-order valence-corrected chi connectivity index (χ2v) is 13.0. The maximum Gasteiger partial charge on any atom is 0.344 e. The summed E-state index contributed by atoms with van der Waals surface area (Å²) in [6, 6.07) is 4.51. The van der Waals surface area contributed by atoms with E-state index in [9.17, 15) is 19.5 Å². The summed E-state index contributed by atoms with van der Waals surface area (Å²) in [4.78, 5) is 40.0. The molecule has 0 aromatic heterocycles. The number of carbonyl (C=O) groups is 3. The minimum Gasteiger partial charge on any atom is -0.477 e. The number of hydrogen-bond donors (Lipinski definition) is 2. The fourth-order valence-corrected chi connectivity index (χ4v) is 6.71. The van der Waals surface area contributed by atoms with Crippen LogP contribution in [0.5, 0.6) is 0 Å². The number of allylic oxidation sites excluding steroid dienone is 1. The normalized spacial score (nSPS) is 26.0. The van der Waals surface area contributed by atoms with Crippen LogP contribution < -0.4 is 5.32 Å². The van der Waals surface area contributed by atoms with E-state index in [0.717, 1.165) is 12.8 Å². The molecule has 2 N–H and O–H groups in total. The van der Waals surface area contributed by atoms with Gasteiger partial charge in [-0.25, -0.2) is 4.79 Å². The Kier molecular flexibility index (Phi) is 7.71. The van der Waals surface area contributed by atoms with Gasteiger partial charge in [0.2, 0.25) is 5.91 Å². The van der Waals surface area contributed by atoms with Crippen molar-refractivity contribution in [3.8, 4) is 11.8 Å². The first-order valence-electron chi connectivity index (χ1n) is 12.1. The van der Waals surface area contributed by atoms with Crippen LogP contribution in [-0.4, -0.2) is 45.6 Å². The van der Waals surface area contributed by atoms with E-state index >= 15 is 0 Å². The molecule has 2 aliphatic heterocycles. The van der Waals surface area contributed by atoms with Crippen LogP contribution in [0.25, 0.3) is 0 Å². The highest BCUT2D eigenvalue weighted by molar-refractivity contribution is 8.05. The molecule has 2 heterocycles. The lowest BCUT2D eigenvalue weighted by molar-refractivity contribution is -0.132. The third kappa shape index (κ3) is 5.88. The molecule has 0 radical (unpaired) electrons. The Bertz CT molecular complexity index is 1190. The number of thioether (sulfide) groups is 1. The van der Waals surface area contributed by atoms with Crippen LogP contribution >= 0.6 is 35.0 Å². The van der Waals surface area contributed by atoms with Crippen molar-refractivity contribution >= 4 is 52.7 Å². The zero-order valence-electron chi connectivity index (χ0n) is 20.6. The number of aliphatic carboxylic acids is 1. The van der Waals surface area contributed by atoms with Gasteiger partial charge in [0.25, 0.3) is 5.91 Å². The molecule has 4 rings (SSSR count). The van der Waals surface area contributed by atoms with Crippen molar-refractivity contribution in [3.63, 3.8) is 0 Å². The number of halogens is 2. The first-order valence-corrected chi connectivity index (χ1v) is 13.7. The van der Waals surface area contributed by atoms with E-state index in [4.69, 9.17) is 23.2 Å². The van der Waals surface area contributed by atoms with Crippen LogP contribution in [-0.2, 0) is 9.59 Å². The van der Waals surface area contributed by atoms with Crippen LogP contribution in [0.4, 0.5) is 0 Å². The lowest BCUT2D eigenvalue weighted by Gasteiger charge is -2.41. The topological polar surface area (TPSA) is 86.7 Å². The third-order valence-electron chi connectivity index (χ3n) is 6.95. The van der Waals surface area contributed by atoms with Gasteiger partial charge in [-0.2, -0.15) is 0 Å². The van der Waals surface area contributed by atoms with Gasteiger partial charge in [-0.05, 0) is 70.1 Å². The Morgan fingerprint density at radius 1 is 1.22 bits per heavy atom. The number of carboxylic acids is 1. The summed E-state index contributed by atoms with van der Waals surface area (Å²) in [7, 11) is 0. The maximum atomic E-state index is 14.0. The van der Waals surface area contributed by atoms with Gasteiger partial charge >= 0.3 is 5.97 Å². The Labute approximate surface area is 226 Å². The molecular formula is C27H30Cl2N2O4S. The zero-order chi connectivity index (χ0) is 26.3. The molecule has 1 aromatic carbocycles. The average Bonchev–Trinajstić information content (AvgIpc) is 3.37. The van der Waals surface area contributed by atoms with Gasteiger partial charge in [-0.3, -0.25) is 9.59 Å². The Morgan fingerprint density at radius 3 is 2.47 bits per heavy atom. The molecule has 1 unspecified atom stereocenters. The van der Waals surface area contributed by atoms with Crippen molar-refractivity contribution in [3.05, 3.63) is 44.4 Å². The summed E-state index contributed by atoms with van der Waals surface area (Å²) < 4.78 is 0. The van der Waals surface area contributed by atoms with Gasteiger partial charge in [-0.1, -0.05) is 46.8 Å². The predicted molar refractivity (Wildman–Crippen MR) is 143 cm³/mol. The molecule has 1 aromatic rings. The molecule has 192 valence electrons. The fraction of sp³-hybridized carbons (Fsp3) is 0.519. The molecule has 0 bridgehead atoms. The molecule has 1 saturated heterocycles. The number of hydrogen-bond acceptors (Lipinski definition) is 4. The molecule has 9 heteroatoms. The van der Waals surface area contributed by atoms with Gasteiger partial charge < -0.3 is 15.3 Å². The molecule has 1 saturated carbocycles. The van der Waals surface area contributed by atoms with Gasteiger partial charge in [-0.15, -0.1) is 0 Å². The maximum absolute atomic E-state index is 14.0. The molecule has 1 atom stereocenters. The molecular weight excluding hydrogens is 519 g/mol. The smallest absolute Gasteiger partial charge is 0.344 e. The highest BCUT2D eigenvalue weighted by Crippen LogP contribution is 2.47. The van der Waals surface area contributed by atoms with Crippen LogP contribution in [0.3, 0.4) is 0 Å². The zero-order valence-corrected chi connectivity index (χ0v) is 22.9. The SMILES string of the molecule is CC(C)(C)C#CC1CC(N(C(=O)c2ccc(Cl)cc2Cl)C2CCC3(CC2)CNC(=O)C3)=C(C(=O)O)S1. The molecule has 1 aliphatic carbocycles. The quantitative estimate of drug-likeness (QED) is 0.468. The molecule has 6 nitrogen and oxygen atoms in total. The second kappa shape index (κ2) is 10.3. The molecule has 1 spiro atoms. The standard InChI is InChI=1S/C27H30Cl2N2O4S/c1-26(2,3)9-8-18-13-21(23(36-18)25(34)35)31(24(33)19-5-4-16(28)12-20(19)29)17-6-10-27(11-7-17)14-22(32)30-15-27/h4-5,12,17-18H,6-7,10-11,13-15H2,1-3H3,(H,30,32)(H,34,35). The van der Waals surface area contributed by atoms with Crippen molar-refractivity contribution in [1.29, 1.82) is 0 Å². The summed E-state index contributed by atoms with van der Waals surface area (Å²) in [5.74, 6) is 5.09. The van der Waals surface area contributed by atoms with E-state index in [0.29, 0.717) is 42.9 Å².